The van der Waals surface area contributed by atoms with Crippen LogP contribution in [0.1, 0.15) is 23.6 Å². The molecule has 16 heavy (non-hydrogen) atoms. The van der Waals surface area contributed by atoms with Crippen molar-refractivity contribution in [3.05, 3.63) is 34.9 Å². The largest absolute Gasteiger partial charge is 0.395 e. The smallest absolute Gasteiger partial charge is 0.319 e. The number of esters is 1. The lowest BCUT2D eigenvalue weighted by atomic mass is 9.87. The summed E-state index contributed by atoms with van der Waals surface area (Å²) in [5.74, 6) is -0.434. The second-order valence-corrected chi connectivity index (χ2v) is 4.69. The van der Waals surface area contributed by atoms with Gasteiger partial charge < -0.3 is 4.74 Å². The molecule has 1 aromatic rings. The minimum absolute atomic E-state index is 0.210. The van der Waals surface area contributed by atoms with Gasteiger partial charge in [-0.3, -0.25) is 9.59 Å². The predicted molar refractivity (Wildman–Crippen MR) is 58.9 cm³/mol. The Kier molecular flexibility index (Phi) is 2.54. The van der Waals surface area contributed by atoms with Crippen molar-refractivity contribution in [3.63, 3.8) is 0 Å². The van der Waals surface area contributed by atoms with Gasteiger partial charge in [0.05, 0.1) is 5.41 Å². The molecule has 0 spiro atoms. The van der Waals surface area contributed by atoms with E-state index in [1.165, 1.54) is 16.7 Å². The Morgan fingerprint density at radius 3 is 2.75 bits per heavy atom. The van der Waals surface area contributed by atoms with E-state index in [-0.39, 0.29) is 6.47 Å². The fourth-order valence-electron chi connectivity index (χ4n) is 2.33. The highest BCUT2D eigenvalue weighted by Gasteiger charge is 2.40. The molecule has 1 aliphatic carbocycles. The van der Waals surface area contributed by atoms with Crippen LogP contribution in [0.5, 0.6) is 0 Å². The maximum atomic E-state index is 11.7. The number of hydrogen-bond acceptors (Lipinski definition) is 3. The molecule has 0 saturated heterocycles. The van der Waals surface area contributed by atoms with Crippen molar-refractivity contribution in [2.45, 2.75) is 26.7 Å². The molecule has 3 nitrogen and oxygen atoms in total. The molecule has 0 saturated carbocycles. The quantitative estimate of drug-likeness (QED) is 0.432. The molecule has 3 heteroatoms. The number of rotatable bonds is 2. The highest BCUT2D eigenvalue weighted by molar-refractivity contribution is 5.83. The van der Waals surface area contributed by atoms with E-state index in [1.54, 1.807) is 0 Å². The van der Waals surface area contributed by atoms with E-state index in [9.17, 15) is 9.59 Å². The highest BCUT2D eigenvalue weighted by Crippen LogP contribution is 2.37. The molecule has 1 aromatic carbocycles. The Labute approximate surface area is 94.4 Å². The zero-order valence-electron chi connectivity index (χ0n) is 9.45. The van der Waals surface area contributed by atoms with Crippen LogP contribution >= 0.6 is 0 Å². The monoisotopic (exact) mass is 218 g/mol. The van der Waals surface area contributed by atoms with Gasteiger partial charge >= 0.3 is 12.4 Å². The topological polar surface area (TPSA) is 43.4 Å². The van der Waals surface area contributed by atoms with E-state index in [4.69, 9.17) is 0 Å². The molecule has 0 radical (unpaired) electrons. The van der Waals surface area contributed by atoms with Crippen molar-refractivity contribution >= 4 is 12.4 Å². The second-order valence-electron chi connectivity index (χ2n) is 4.69. The summed E-state index contributed by atoms with van der Waals surface area (Å²) < 4.78 is 4.47. The number of aryl methyl sites for hydroxylation is 1. The molecule has 0 fully saturated rings. The van der Waals surface area contributed by atoms with Crippen molar-refractivity contribution in [2.24, 2.45) is 5.41 Å². The van der Waals surface area contributed by atoms with Crippen LogP contribution in [0.15, 0.2) is 18.2 Å². The summed E-state index contributed by atoms with van der Waals surface area (Å²) in [4.78, 5) is 21.9. The lowest BCUT2D eigenvalue weighted by Crippen LogP contribution is -2.30. The van der Waals surface area contributed by atoms with E-state index in [1.807, 2.05) is 26.0 Å². The molecule has 0 aliphatic heterocycles. The minimum Gasteiger partial charge on any atom is -0.395 e. The fraction of sp³-hybridized carbons (Fsp3) is 0.385. The third kappa shape index (κ3) is 1.73. The molecule has 0 amide bonds. The number of fused-ring (bicyclic) bond motifs is 1. The van der Waals surface area contributed by atoms with Crippen LogP contribution < -0.4 is 0 Å². The summed E-state index contributed by atoms with van der Waals surface area (Å²) in [6.45, 7) is 4.08. The molecule has 1 aliphatic rings. The Balaban J connectivity index is 2.27. The van der Waals surface area contributed by atoms with E-state index >= 15 is 0 Å². The summed E-state index contributed by atoms with van der Waals surface area (Å²) in [5, 5.41) is 0. The van der Waals surface area contributed by atoms with Crippen molar-refractivity contribution < 1.29 is 14.3 Å². The normalized spacial score (nSPS) is 22.6. The van der Waals surface area contributed by atoms with Gasteiger partial charge in [0.1, 0.15) is 0 Å². The van der Waals surface area contributed by atoms with Gasteiger partial charge in [0.25, 0.3) is 0 Å². The Morgan fingerprint density at radius 1 is 1.38 bits per heavy atom. The van der Waals surface area contributed by atoms with Crippen LogP contribution in [0.25, 0.3) is 0 Å². The van der Waals surface area contributed by atoms with E-state index in [0.29, 0.717) is 12.8 Å². The van der Waals surface area contributed by atoms with Crippen LogP contribution in [-0.2, 0) is 27.2 Å². The van der Waals surface area contributed by atoms with Crippen molar-refractivity contribution in [3.8, 4) is 0 Å². The molecule has 0 N–H and O–H groups in total. The first-order valence-corrected chi connectivity index (χ1v) is 5.28. The minimum atomic E-state index is -0.586. The molecule has 0 aromatic heterocycles. The predicted octanol–water partition coefficient (Wildman–Crippen LogP) is 1.80. The van der Waals surface area contributed by atoms with Crippen molar-refractivity contribution in [1.82, 2.24) is 0 Å². The van der Waals surface area contributed by atoms with E-state index in [0.717, 1.165) is 0 Å². The first kappa shape index (κ1) is 10.9. The summed E-state index contributed by atoms with van der Waals surface area (Å²) in [7, 11) is 0. The Bertz CT molecular complexity index is 450. The first-order chi connectivity index (χ1) is 7.55. The zero-order valence-corrected chi connectivity index (χ0v) is 9.45. The molecule has 1 unspecified atom stereocenters. The second kappa shape index (κ2) is 3.74. The van der Waals surface area contributed by atoms with Gasteiger partial charge in [-0.15, -0.1) is 0 Å². The average molecular weight is 218 g/mol. The Morgan fingerprint density at radius 2 is 2.06 bits per heavy atom. The van der Waals surface area contributed by atoms with Crippen molar-refractivity contribution in [1.29, 1.82) is 0 Å². The fourth-order valence-corrected chi connectivity index (χ4v) is 2.33. The van der Waals surface area contributed by atoms with Gasteiger partial charge in [0.15, 0.2) is 0 Å². The highest BCUT2D eigenvalue weighted by atomic mass is 16.6. The van der Waals surface area contributed by atoms with E-state index in [2.05, 4.69) is 10.8 Å². The van der Waals surface area contributed by atoms with Crippen LogP contribution in [0.4, 0.5) is 0 Å². The number of benzene rings is 1. The van der Waals surface area contributed by atoms with E-state index < -0.39 is 11.4 Å². The maximum absolute atomic E-state index is 11.7. The third-order valence-corrected chi connectivity index (χ3v) is 3.17. The summed E-state index contributed by atoms with van der Waals surface area (Å²) in [6, 6.07) is 6.18. The van der Waals surface area contributed by atoms with Gasteiger partial charge in [-0.2, -0.15) is 0 Å². The van der Waals surface area contributed by atoms with Crippen LogP contribution in [0, 0.1) is 12.3 Å². The van der Waals surface area contributed by atoms with Gasteiger partial charge in [-0.1, -0.05) is 23.8 Å². The number of carbonyl (C=O) groups excluding carboxylic acids is 2. The number of carbonyl (C=O) groups is 2. The maximum Gasteiger partial charge on any atom is 0.319 e. The molecule has 2 rings (SSSR count). The summed E-state index contributed by atoms with van der Waals surface area (Å²) >= 11 is 0. The SMILES string of the molecule is Cc1ccc2c(c1)CC(C)(C(=O)OC=O)C2. The first-order valence-electron chi connectivity index (χ1n) is 5.28. The van der Waals surface area contributed by atoms with Gasteiger partial charge in [0.2, 0.25) is 0 Å². The number of ether oxygens (including phenoxy) is 1. The zero-order chi connectivity index (χ0) is 11.8. The standard InChI is InChI=1S/C13H14O3/c1-9-3-4-10-6-13(2,7-11(10)5-9)12(15)16-8-14/h3-5,8H,6-7H2,1-2H3. The molecule has 0 heterocycles. The van der Waals surface area contributed by atoms with Gasteiger partial charge in [-0.25, -0.2) is 0 Å². The molecule has 0 bridgehead atoms. The lowest BCUT2D eigenvalue weighted by molar-refractivity contribution is -0.159. The molecular weight excluding hydrogens is 204 g/mol. The summed E-state index contributed by atoms with van der Waals surface area (Å²) in [5.41, 5.74) is 2.96. The van der Waals surface area contributed by atoms with Gasteiger partial charge in [0, 0.05) is 0 Å². The Hall–Kier alpha value is -1.64. The molecule has 84 valence electrons. The lowest BCUT2D eigenvalue weighted by Gasteiger charge is -2.18. The van der Waals surface area contributed by atoms with Gasteiger partial charge in [-0.05, 0) is 37.8 Å². The number of hydrogen-bond donors (Lipinski definition) is 0. The average Bonchev–Trinajstić information content (AvgIpc) is 2.55. The molecule has 1 atom stereocenters. The summed E-state index contributed by atoms with van der Waals surface area (Å²) in [6.07, 6.45) is 1.30. The third-order valence-electron chi connectivity index (χ3n) is 3.17. The van der Waals surface area contributed by atoms with Crippen LogP contribution in [-0.4, -0.2) is 12.4 Å². The van der Waals surface area contributed by atoms with Crippen LogP contribution in [0.3, 0.4) is 0 Å². The van der Waals surface area contributed by atoms with Crippen molar-refractivity contribution in [2.75, 3.05) is 0 Å². The molecular formula is C13H14O3. The van der Waals surface area contributed by atoms with Crippen LogP contribution in [0.2, 0.25) is 0 Å².